The second-order valence-corrected chi connectivity index (χ2v) is 4.86. The van der Waals surface area contributed by atoms with Crippen LogP contribution in [0.25, 0.3) is 0 Å². The van der Waals surface area contributed by atoms with Crippen LogP contribution in [0.15, 0.2) is 12.5 Å². The number of hydrogen-bond donors (Lipinski definition) is 1. The van der Waals surface area contributed by atoms with Crippen molar-refractivity contribution in [2.45, 2.75) is 53.1 Å². The molecule has 0 unspecified atom stereocenters. The molecule has 0 rings (SSSR count). The van der Waals surface area contributed by atoms with Gasteiger partial charge in [0.1, 0.15) is 12.1 Å². The summed E-state index contributed by atoms with van der Waals surface area (Å²) in [6.45, 7) is 13.5. The van der Waals surface area contributed by atoms with Gasteiger partial charge in [0.25, 0.3) is 0 Å². The Morgan fingerprint density at radius 1 is 1.29 bits per heavy atom. The summed E-state index contributed by atoms with van der Waals surface area (Å²) < 4.78 is 5.37. The van der Waals surface area contributed by atoms with E-state index in [4.69, 9.17) is 9.84 Å². The Labute approximate surface area is 105 Å². The Bertz CT molecular complexity index is 229. The lowest BCUT2D eigenvalue weighted by atomic mass is 10.2. The first kappa shape index (κ1) is 18.2. The lowest BCUT2D eigenvalue weighted by molar-refractivity contribution is -0.138. The Morgan fingerprint density at radius 2 is 1.71 bits per heavy atom. The molecule has 1 N–H and O–H groups in total. The quantitative estimate of drug-likeness (QED) is 0.756. The fourth-order valence-electron chi connectivity index (χ4n) is 0.722. The second-order valence-electron chi connectivity index (χ2n) is 4.86. The zero-order chi connectivity index (χ0) is 14.1. The third-order valence-electron chi connectivity index (χ3n) is 1.72. The highest BCUT2D eigenvalue weighted by molar-refractivity contribution is 5.69. The van der Waals surface area contributed by atoms with Gasteiger partial charge in [-0.1, -0.05) is 26.7 Å². The van der Waals surface area contributed by atoms with Crippen LogP contribution in [0.3, 0.4) is 0 Å². The van der Waals surface area contributed by atoms with E-state index in [1.165, 1.54) is 17.7 Å². The molecule has 17 heavy (non-hydrogen) atoms. The van der Waals surface area contributed by atoms with Crippen LogP contribution in [0, 0.1) is 0 Å². The summed E-state index contributed by atoms with van der Waals surface area (Å²) in [7, 11) is 1.63. The van der Waals surface area contributed by atoms with Crippen molar-refractivity contribution < 1.29 is 14.6 Å². The Hall–Kier alpha value is -1.19. The van der Waals surface area contributed by atoms with Crippen LogP contribution in [0.1, 0.15) is 47.5 Å². The van der Waals surface area contributed by atoms with Crippen molar-refractivity contribution in [1.82, 2.24) is 4.90 Å². The van der Waals surface area contributed by atoms with Gasteiger partial charge in [0.05, 0.1) is 0 Å². The summed E-state index contributed by atoms with van der Waals surface area (Å²) in [6.07, 6.45) is 2.64. The average Bonchev–Trinajstić information content (AvgIpc) is 2.14. The van der Waals surface area contributed by atoms with Crippen molar-refractivity contribution in [1.29, 1.82) is 0 Å². The minimum atomic E-state index is -0.902. The molecule has 0 radical (unpaired) electrons. The number of unbranched alkanes of at least 4 members (excludes halogenated alkanes) is 1. The molecule has 0 bridgehead atoms. The Kier molecular flexibility index (Phi) is 9.52. The number of likely N-dealkylation sites (N-methyl/N-ethyl adjacent to an activating group) is 1. The summed E-state index contributed by atoms with van der Waals surface area (Å²) in [5, 5.41) is 8.49. The number of ether oxygens (including phenoxy) is 1. The minimum Gasteiger partial charge on any atom is -0.480 e. The zero-order valence-corrected chi connectivity index (χ0v) is 12.0. The van der Waals surface area contributed by atoms with Crippen LogP contribution >= 0.6 is 0 Å². The molecular weight excluding hydrogens is 218 g/mol. The van der Waals surface area contributed by atoms with E-state index in [0.29, 0.717) is 5.88 Å². The molecule has 4 heteroatoms. The van der Waals surface area contributed by atoms with Gasteiger partial charge in [0, 0.05) is 7.05 Å². The lowest BCUT2D eigenvalue weighted by Gasteiger charge is -2.27. The maximum absolute atomic E-state index is 10.3. The molecule has 0 amide bonds. The standard InChI is InChI=1S/C9H17NO3.C4H10/c1-7(13-9(2,3)4)10(5)6-8(11)12;1-3-4-2/h1,6H2,2-5H3,(H,11,12);3-4H2,1-2H3. The fourth-order valence-corrected chi connectivity index (χ4v) is 0.722. The lowest BCUT2D eigenvalue weighted by Crippen LogP contribution is -2.30. The van der Waals surface area contributed by atoms with Crippen molar-refractivity contribution in [3.8, 4) is 0 Å². The molecule has 0 heterocycles. The molecule has 0 saturated heterocycles. The van der Waals surface area contributed by atoms with E-state index >= 15 is 0 Å². The first-order valence-corrected chi connectivity index (χ1v) is 5.94. The summed E-state index contributed by atoms with van der Waals surface area (Å²) in [4.78, 5) is 11.8. The van der Waals surface area contributed by atoms with Gasteiger partial charge in [-0.25, -0.2) is 0 Å². The van der Waals surface area contributed by atoms with Crippen LogP contribution in [0.4, 0.5) is 0 Å². The Morgan fingerprint density at radius 3 is 1.94 bits per heavy atom. The van der Waals surface area contributed by atoms with Gasteiger partial charge in [0.2, 0.25) is 0 Å². The van der Waals surface area contributed by atoms with E-state index < -0.39 is 5.97 Å². The first-order chi connectivity index (χ1) is 7.64. The van der Waals surface area contributed by atoms with Gasteiger partial charge in [-0.05, 0) is 27.4 Å². The van der Waals surface area contributed by atoms with Gasteiger partial charge in [-0.2, -0.15) is 0 Å². The van der Waals surface area contributed by atoms with Crippen molar-refractivity contribution >= 4 is 5.97 Å². The predicted octanol–water partition coefficient (Wildman–Crippen LogP) is 3.10. The van der Waals surface area contributed by atoms with Gasteiger partial charge >= 0.3 is 5.97 Å². The SMILES string of the molecule is C=C(OC(C)(C)C)N(C)CC(=O)O.CCCC. The first-order valence-electron chi connectivity index (χ1n) is 5.94. The van der Waals surface area contributed by atoms with Gasteiger partial charge in [0.15, 0.2) is 5.88 Å². The second kappa shape index (κ2) is 8.90. The predicted molar refractivity (Wildman–Crippen MR) is 70.8 cm³/mol. The van der Waals surface area contributed by atoms with E-state index in [9.17, 15) is 4.79 Å². The molecule has 4 nitrogen and oxygen atoms in total. The van der Waals surface area contributed by atoms with Crippen LogP contribution < -0.4 is 0 Å². The van der Waals surface area contributed by atoms with Gasteiger partial charge in [-0.15, -0.1) is 0 Å². The van der Waals surface area contributed by atoms with Gasteiger partial charge < -0.3 is 14.7 Å². The van der Waals surface area contributed by atoms with Crippen LogP contribution in [0.5, 0.6) is 0 Å². The number of carbonyl (C=O) groups is 1. The molecular formula is C13H27NO3. The zero-order valence-electron chi connectivity index (χ0n) is 12.0. The summed E-state index contributed by atoms with van der Waals surface area (Å²) >= 11 is 0. The molecule has 102 valence electrons. The third kappa shape index (κ3) is 14.8. The molecule has 0 saturated carbocycles. The smallest absolute Gasteiger partial charge is 0.323 e. The number of aliphatic carboxylic acids is 1. The maximum Gasteiger partial charge on any atom is 0.323 e. The fraction of sp³-hybridized carbons (Fsp3) is 0.769. The number of carboxylic acid groups (broad SMARTS) is 1. The monoisotopic (exact) mass is 245 g/mol. The van der Waals surface area contributed by atoms with E-state index in [-0.39, 0.29) is 12.1 Å². The van der Waals surface area contributed by atoms with Crippen LogP contribution in [-0.2, 0) is 9.53 Å². The number of nitrogens with zero attached hydrogens (tertiary/aromatic N) is 1. The molecule has 0 aliphatic rings. The average molecular weight is 245 g/mol. The molecule has 0 fully saturated rings. The highest BCUT2D eigenvalue weighted by Crippen LogP contribution is 2.13. The van der Waals surface area contributed by atoms with Crippen LogP contribution in [0.2, 0.25) is 0 Å². The normalized spacial score (nSPS) is 10.0. The van der Waals surface area contributed by atoms with Crippen molar-refractivity contribution in [2.24, 2.45) is 0 Å². The molecule has 0 atom stereocenters. The molecule has 0 aromatic heterocycles. The summed E-state index contributed by atoms with van der Waals surface area (Å²) in [6, 6.07) is 0. The van der Waals surface area contributed by atoms with E-state index in [1.54, 1.807) is 7.05 Å². The van der Waals surface area contributed by atoms with E-state index in [0.717, 1.165) is 0 Å². The molecule has 0 aliphatic carbocycles. The molecule has 0 aromatic rings. The minimum absolute atomic E-state index is 0.102. The summed E-state index contributed by atoms with van der Waals surface area (Å²) in [5.74, 6) is -0.531. The molecule has 0 spiro atoms. The Balaban J connectivity index is 0. The molecule has 0 aromatic carbocycles. The van der Waals surface area contributed by atoms with Crippen LogP contribution in [-0.4, -0.2) is 35.2 Å². The maximum atomic E-state index is 10.3. The summed E-state index contributed by atoms with van der Waals surface area (Å²) in [5.41, 5.74) is -0.343. The van der Waals surface area contributed by atoms with Crippen molar-refractivity contribution in [3.05, 3.63) is 12.5 Å². The number of carboxylic acids is 1. The van der Waals surface area contributed by atoms with Crippen molar-refractivity contribution in [3.63, 3.8) is 0 Å². The molecule has 0 aliphatic heterocycles. The number of rotatable bonds is 5. The number of hydrogen-bond acceptors (Lipinski definition) is 3. The largest absolute Gasteiger partial charge is 0.480 e. The third-order valence-corrected chi connectivity index (χ3v) is 1.72. The van der Waals surface area contributed by atoms with E-state index in [1.807, 2.05) is 20.8 Å². The van der Waals surface area contributed by atoms with Gasteiger partial charge in [-0.3, -0.25) is 4.79 Å². The van der Waals surface area contributed by atoms with E-state index in [2.05, 4.69) is 20.4 Å². The highest BCUT2D eigenvalue weighted by atomic mass is 16.5. The topological polar surface area (TPSA) is 49.8 Å². The van der Waals surface area contributed by atoms with Crippen molar-refractivity contribution in [2.75, 3.05) is 13.6 Å². The highest BCUT2D eigenvalue weighted by Gasteiger charge is 2.15.